The monoisotopic (exact) mass is 381 g/mol. The van der Waals surface area contributed by atoms with Crippen molar-refractivity contribution in [3.63, 3.8) is 0 Å². The highest BCUT2D eigenvalue weighted by Crippen LogP contribution is 2.20. The highest BCUT2D eigenvalue weighted by atomic mass is 35.5. The number of carbonyl (C=O) groups is 2. The number of hydrogen-bond donors (Lipinski definition) is 1. The van der Waals surface area contributed by atoms with Crippen LogP contribution in [0.2, 0.25) is 10.0 Å². The van der Waals surface area contributed by atoms with Crippen molar-refractivity contribution < 1.29 is 18.7 Å². The molecule has 0 saturated heterocycles. The Morgan fingerprint density at radius 2 is 1.96 bits per heavy atom. The molecule has 1 amide bonds. The van der Waals surface area contributed by atoms with Gasteiger partial charge in [-0.1, -0.05) is 35.3 Å². The molecule has 0 aliphatic rings. The van der Waals surface area contributed by atoms with Gasteiger partial charge in [0.25, 0.3) is 5.91 Å². The number of esters is 1. The fraction of sp³-hybridized carbons (Fsp3) is 0.111. The maximum absolute atomic E-state index is 13.0. The first kappa shape index (κ1) is 19.0. The van der Waals surface area contributed by atoms with Gasteiger partial charge in [0.2, 0.25) is 0 Å². The van der Waals surface area contributed by atoms with Crippen molar-refractivity contribution in [2.45, 2.75) is 6.92 Å². The van der Waals surface area contributed by atoms with Gasteiger partial charge in [-0.3, -0.25) is 4.79 Å². The minimum absolute atomic E-state index is 0.0493. The number of amides is 1. The molecule has 0 bridgehead atoms. The Labute approximate surface area is 154 Å². The second kappa shape index (κ2) is 8.65. The molecule has 0 aliphatic heterocycles. The van der Waals surface area contributed by atoms with Gasteiger partial charge in [-0.05, 0) is 48.4 Å². The molecule has 2 aromatic rings. The van der Waals surface area contributed by atoms with Crippen molar-refractivity contribution in [1.29, 1.82) is 0 Å². The summed E-state index contributed by atoms with van der Waals surface area (Å²) in [6, 6.07) is 9.09. The minimum Gasteiger partial charge on any atom is -0.452 e. The second-order valence-corrected chi connectivity index (χ2v) is 5.97. The Morgan fingerprint density at radius 1 is 1.20 bits per heavy atom. The van der Waals surface area contributed by atoms with E-state index in [1.54, 1.807) is 18.2 Å². The molecule has 0 aliphatic carbocycles. The fourth-order valence-corrected chi connectivity index (χ4v) is 2.24. The summed E-state index contributed by atoms with van der Waals surface area (Å²) in [5, 5.41) is 3.05. The van der Waals surface area contributed by atoms with E-state index in [2.05, 4.69) is 5.32 Å². The Kier molecular flexibility index (Phi) is 6.56. The molecule has 4 nitrogen and oxygen atoms in total. The van der Waals surface area contributed by atoms with Crippen molar-refractivity contribution >= 4 is 46.8 Å². The van der Waals surface area contributed by atoms with Gasteiger partial charge >= 0.3 is 5.97 Å². The third-order valence-electron chi connectivity index (χ3n) is 3.17. The van der Waals surface area contributed by atoms with Crippen LogP contribution in [-0.4, -0.2) is 18.5 Å². The Morgan fingerprint density at radius 3 is 2.68 bits per heavy atom. The van der Waals surface area contributed by atoms with Gasteiger partial charge in [-0.25, -0.2) is 9.18 Å². The molecule has 0 atom stereocenters. The SMILES string of the molecule is Cc1ccc(Cl)cc1NC(=O)COC(=O)/C=C/c1ccc(F)c(Cl)c1. The molecule has 0 heterocycles. The number of aryl methyl sites for hydroxylation is 1. The van der Waals surface area contributed by atoms with Crippen LogP contribution in [0.5, 0.6) is 0 Å². The van der Waals surface area contributed by atoms with Crippen LogP contribution in [0.3, 0.4) is 0 Å². The molecule has 25 heavy (non-hydrogen) atoms. The lowest BCUT2D eigenvalue weighted by molar-refractivity contribution is -0.142. The smallest absolute Gasteiger partial charge is 0.331 e. The Balaban J connectivity index is 1.86. The van der Waals surface area contributed by atoms with Crippen LogP contribution >= 0.6 is 23.2 Å². The summed E-state index contributed by atoms with van der Waals surface area (Å²) in [6.07, 6.45) is 2.54. The normalized spacial score (nSPS) is 10.7. The first-order valence-corrected chi connectivity index (χ1v) is 7.96. The van der Waals surface area contributed by atoms with E-state index in [-0.39, 0.29) is 5.02 Å². The van der Waals surface area contributed by atoms with Crippen molar-refractivity contribution in [3.05, 3.63) is 69.5 Å². The molecule has 0 aromatic heterocycles. The maximum atomic E-state index is 13.0. The molecule has 2 aromatic carbocycles. The number of carbonyl (C=O) groups excluding carboxylic acids is 2. The summed E-state index contributed by atoms with van der Waals surface area (Å²) >= 11 is 11.5. The van der Waals surface area contributed by atoms with Crippen LogP contribution in [0.25, 0.3) is 6.08 Å². The predicted molar refractivity (Wildman–Crippen MR) is 96.2 cm³/mol. The fourth-order valence-electron chi connectivity index (χ4n) is 1.88. The second-order valence-electron chi connectivity index (χ2n) is 5.12. The average molecular weight is 382 g/mol. The van der Waals surface area contributed by atoms with E-state index in [4.69, 9.17) is 27.9 Å². The van der Waals surface area contributed by atoms with Crippen LogP contribution in [-0.2, 0) is 14.3 Å². The Hall–Kier alpha value is -2.37. The van der Waals surface area contributed by atoms with E-state index in [0.717, 1.165) is 11.6 Å². The van der Waals surface area contributed by atoms with E-state index >= 15 is 0 Å². The standard InChI is InChI=1S/C18H14Cl2FNO3/c1-11-2-5-13(19)9-16(11)22-17(23)10-25-18(24)7-4-12-3-6-15(21)14(20)8-12/h2-9H,10H2,1H3,(H,22,23)/b7-4+. The lowest BCUT2D eigenvalue weighted by Gasteiger charge is -2.08. The largest absolute Gasteiger partial charge is 0.452 e. The van der Waals surface area contributed by atoms with Gasteiger partial charge in [-0.2, -0.15) is 0 Å². The number of hydrogen-bond acceptors (Lipinski definition) is 3. The van der Waals surface area contributed by atoms with Gasteiger partial charge in [0, 0.05) is 16.8 Å². The third kappa shape index (κ3) is 5.89. The lowest BCUT2D eigenvalue weighted by Crippen LogP contribution is -2.20. The van der Waals surface area contributed by atoms with Gasteiger partial charge in [0.1, 0.15) is 5.82 Å². The summed E-state index contributed by atoms with van der Waals surface area (Å²) in [7, 11) is 0. The summed E-state index contributed by atoms with van der Waals surface area (Å²) in [6.45, 7) is 1.37. The molecule has 0 spiro atoms. The average Bonchev–Trinajstić information content (AvgIpc) is 2.57. The van der Waals surface area contributed by atoms with Gasteiger partial charge in [-0.15, -0.1) is 0 Å². The minimum atomic E-state index is -0.710. The summed E-state index contributed by atoms with van der Waals surface area (Å²) in [5.74, 6) is -1.75. The van der Waals surface area contributed by atoms with Crippen molar-refractivity contribution in [2.24, 2.45) is 0 Å². The molecular weight excluding hydrogens is 368 g/mol. The summed E-state index contributed by atoms with van der Waals surface area (Å²) < 4.78 is 17.9. The van der Waals surface area contributed by atoms with Crippen LogP contribution < -0.4 is 5.32 Å². The van der Waals surface area contributed by atoms with E-state index in [1.165, 1.54) is 24.3 Å². The van der Waals surface area contributed by atoms with E-state index in [1.807, 2.05) is 6.92 Å². The number of anilines is 1. The van der Waals surface area contributed by atoms with E-state index in [0.29, 0.717) is 16.3 Å². The maximum Gasteiger partial charge on any atom is 0.331 e. The first-order valence-electron chi connectivity index (χ1n) is 7.21. The van der Waals surface area contributed by atoms with Crippen LogP contribution in [0.15, 0.2) is 42.5 Å². The summed E-state index contributed by atoms with van der Waals surface area (Å²) in [4.78, 5) is 23.5. The van der Waals surface area contributed by atoms with E-state index in [9.17, 15) is 14.0 Å². The van der Waals surface area contributed by atoms with Crippen LogP contribution in [0, 0.1) is 12.7 Å². The predicted octanol–water partition coefficient (Wildman–Crippen LogP) is 4.64. The number of nitrogens with one attached hydrogen (secondary N) is 1. The quantitative estimate of drug-likeness (QED) is 0.606. The molecule has 2 rings (SSSR count). The van der Waals surface area contributed by atoms with Gasteiger partial charge < -0.3 is 10.1 Å². The molecule has 0 saturated carbocycles. The molecular formula is C18H14Cl2FNO3. The lowest BCUT2D eigenvalue weighted by atomic mass is 10.2. The Bertz CT molecular complexity index is 837. The van der Waals surface area contributed by atoms with Crippen LogP contribution in [0.4, 0.5) is 10.1 Å². The molecule has 0 radical (unpaired) electrons. The van der Waals surface area contributed by atoms with Crippen LogP contribution in [0.1, 0.15) is 11.1 Å². The zero-order valence-corrected chi connectivity index (χ0v) is 14.7. The van der Waals surface area contributed by atoms with Crippen molar-refractivity contribution in [1.82, 2.24) is 0 Å². The topological polar surface area (TPSA) is 55.4 Å². The van der Waals surface area contributed by atoms with Gasteiger partial charge in [0.15, 0.2) is 6.61 Å². The number of benzene rings is 2. The first-order chi connectivity index (χ1) is 11.8. The number of halogens is 3. The molecule has 130 valence electrons. The zero-order chi connectivity index (χ0) is 18.4. The number of rotatable bonds is 5. The molecule has 1 N–H and O–H groups in total. The van der Waals surface area contributed by atoms with Crippen molar-refractivity contribution in [2.75, 3.05) is 11.9 Å². The highest BCUT2D eigenvalue weighted by Gasteiger charge is 2.08. The summed E-state index contributed by atoms with van der Waals surface area (Å²) in [5.41, 5.74) is 1.91. The van der Waals surface area contributed by atoms with Crippen molar-refractivity contribution in [3.8, 4) is 0 Å². The highest BCUT2D eigenvalue weighted by molar-refractivity contribution is 6.31. The molecule has 0 fully saturated rings. The van der Waals surface area contributed by atoms with Gasteiger partial charge in [0.05, 0.1) is 5.02 Å². The molecule has 7 heteroatoms. The third-order valence-corrected chi connectivity index (χ3v) is 3.70. The molecule has 0 unspecified atom stereocenters. The van der Waals surface area contributed by atoms with E-state index < -0.39 is 24.3 Å². The zero-order valence-electron chi connectivity index (χ0n) is 13.2. The number of ether oxygens (including phenoxy) is 1.